The highest BCUT2D eigenvalue weighted by Crippen LogP contribution is 2.12. The van der Waals surface area contributed by atoms with E-state index in [2.05, 4.69) is 16.0 Å². The van der Waals surface area contributed by atoms with E-state index in [4.69, 9.17) is 0 Å². The van der Waals surface area contributed by atoms with E-state index in [1.165, 1.54) is 0 Å². The first-order valence-corrected chi connectivity index (χ1v) is 17.2. The van der Waals surface area contributed by atoms with Gasteiger partial charge in [0, 0.05) is 103 Å². The van der Waals surface area contributed by atoms with Crippen LogP contribution in [0.15, 0.2) is 24.3 Å². The highest BCUT2D eigenvalue weighted by Gasteiger charge is 2.38. The Labute approximate surface area is 314 Å². The predicted molar refractivity (Wildman–Crippen MR) is 185 cm³/mol. The largest absolute Gasteiger partial charge is 0.480 e. The lowest BCUT2D eigenvalue weighted by Gasteiger charge is -2.32. The molecule has 6 amide bonds. The number of nitrogens with zero attached hydrogens (tertiary/aromatic N) is 6. The minimum atomic E-state index is -1.65. The van der Waals surface area contributed by atoms with Gasteiger partial charge in [0.15, 0.2) is 0 Å². The molecule has 0 aromatic carbocycles. The number of carbonyl (C=O) groups is 10. The molecule has 0 spiro atoms. The van der Waals surface area contributed by atoms with Gasteiger partial charge in [0.25, 0.3) is 23.6 Å². The van der Waals surface area contributed by atoms with E-state index in [-0.39, 0.29) is 91.6 Å². The maximum atomic E-state index is 13.2. The average Bonchev–Trinajstić information content (AvgIpc) is 3.61. The van der Waals surface area contributed by atoms with Crippen LogP contribution in [0.3, 0.4) is 0 Å². The van der Waals surface area contributed by atoms with Crippen LogP contribution in [0.2, 0.25) is 0 Å². The van der Waals surface area contributed by atoms with Crippen molar-refractivity contribution in [1.82, 2.24) is 45.3 Å². The van der Waals surface area contributed by atoms with Crippen molar-refractivity contribution in [3.05, 3.63) is 24.3 Å². The summed E-state index contributed by atoms with van der Waals surface area (Å²) in [5.41, 5.74) is 0. The van der Waals surface area contributed by atoms with Gasteiger partial charge in [-0.25, -0.2) is 4.79 Å². The highest BCUT2D eigenvalue weighted by molar-refractivity contribution is 6.15. The van der Waals surface area contributed by atoms with Crippen molar-refractivity contribution in [2.75, 3.05) is 105 Å². The van der Waals surface area contributed by atoms with Gasteiger partial charge in [0.1, 0.15) is 12.1 Å². The fourth-order valence-corrected chi connectivity index (χ4v) is 5.93. The average molecular weight is 780 g/mol. The van der Waals surface area contributed by atoms with Crippen LogP contribution < -0.4 is 16.0 Å². The first-order valence-electron chi connectivity index (χ1n) is 17.2. The number of hydrogen-bond acceptors (Lipinski definition) is 15. The number of imide groups is 2. The smallest absolute Gasteiger partial charge is 0.328 e. The molecule has 3 heterocycles. The Morgan fingerprint density at radius 2 is 0.836 bits per heavy atom. The van der Waals surface area contributed by atoms with E-state index in [0.717, 1.165) is 24.3 Å². The second-order valence-electron chi connectivity index (χ2n) is 12.7. The Morgan fingerprint density at radius 3 is 1.20 bits per heavy atom. The highest BCUT2D eigenvalue weighted by atomic mass is 16.4. The molecule has 3 rings (SSSR count). The van der Waals surface area contributed by atoms with E-state index >= 15 is 0 Å². The zero-order valence-corrected chi connectivity index (χ0v) is 29.8. The second kappa shape index (κ2) is 21.3. The van der Waals surface area contributed by atoms with E-state index in [0.29, 0.717) is 9.80 Å². The van der Waals surface area contributed by atoms with Crippen molar-refractivity contribution in [2.45, 2.75) is 12.1 Å². The van der Waals surface area contributed by atoms with Crippen molar-refractivity contribution in [2.24, 2.45) is 0 Å². The fraction of sp³-hybridized carbons (Fsp3) is 0.562. The van der Waals surface area contributed by atoms with Gasteiger partial charge < -0.3 is 36.4 Å². The zero-order valence-electron chi connectivity index (χ0n) is 29.8. The summed E-state index contributed by atoms with van der Waals surface area (Å²) in [6, 6.07) is -3.13. The summed E-state index contributed by atoms with van der Waals surface area (Å²) in [7, 11) is 0. The maximum Gasteiger partial charge on any atom is 0.328 e. The Balaban J connectivity index is 1.58. The number of nitrogens with one attached hydrogen (secondary N) is 3. The van der Waals surface area contributed by atoms with Gasteiger partial charge in [0.05, 0.1) is 26.2 Å². The second-order valence-corrected chi connectivity index (χ2v) is 12.7. The van der Waals surface area contributed by atoms with Gasteiger partial charge in [-0.1, -0.05) is 0 Å². The molecular formula is C32H45N9O14. The number of hydrogen-bond donors (Lipinski definition) is 7. The van der Waals surface area contributed by atoms with Crippen molar-refractivity contribution >= 4 is 59.3 Å². The van der Waals surface area contributed by atoms with E-state index in [9.17, 15) is 68.4 Å². The summed E-state index contributed by atoms with van der Waals surface area (Å²) in [6.45, 7) is -0.768. The van der Waals surface area contributed by atoms with E-state index in [1.54, 1.807) is 19.6 Å². The van der Waals surface area contributed by atoms with Crippen molar-refractivity contribution < 1.29 is 68.4 Å². The molecule has 3 aliphatic rings. The Morgan fingerprint density at radius 1 is 0.509 bits per heavy atom. The van der Waals surface area contributed by atoms with Crippen LogP contribution in [0.25, 0.3) is 0 Å². The quantitative estimate of drug-likeness (QED) is 0.0474. The van der Waals surface area contributed by atoms with Crippen LogP contribution in [0.1, 0.15) is 0 Å². The molecule has 55 heavy (non-hydrogen) atoms. The molecule has 7 N–H and O–H groups in total. The monoisotopic (exact) mass is 779 g/mol. The van der Waals surface area contributed by atoms with Crippen LogP contribution in [-0.2, 0) is 47.9 Å². The summed E-state index contributed by atoms with van der Waals surface area (Å²) in [5.74, 6) is -9.43. The number of rotatable bonds is 19. The zero-order chi connectivity index (χ0) is 40.7. The third kappa shape index (κ3) is 14.3. The molecule has 302 valence electrons. The normalized spacial score (nSPS) is 19.2. The van der Waals surface area contributed by atoms with Crippen LogP contribution in [0, 0.1) is 0 Å². The SMILES string of the molecule is O=C(O)CN1CCN(CC(=O)O)CCN(CC(=O)NCCNC(=O)[C@H](CNC[C@@H](C(=O)O)N2C(=O)C=CC2=O)N2C(=O)C=CC2=O)CCN(CC(=O)O)CC1. The van der Waals surface area contributed by atoms with Gasteiger partial charge >= 0.3 is 23.9 Å². The molecule has 0 aromatic heterocycles. The van der Waals surface area contributed by atoms with Crippen LogP contribution in [0.5, 0.6) is 0 Å². The molecule has 0 aromatic rings. The van der Waals surface area contributed by atoms with Crippen LogP contribution in [0.4, 0.5) is 0 Å². The minimum absolute atomic E-state index is 0.109. The van der Waals surface area contributed by atoms with Gasteiger partial charge in [-0.2, -0.15) is 0 Å². The topological polar surface area (TPSA) is 307 Å². The summed E-state index contributed by atoms with van der Waals surface area (Å²) in [6.07, 6.45) is 3.71. The summed E-state index contributed by atoms with van der Waals surface area (Å²) in [5, 5.41) is 45.5. The van der Waals surface area contributed by atoms with Crippen molar-refractivity contribution in [3.8, 4) is 0 Å². The molecule has 1 fully saturated rings. The predicted octanol–water partition coefficient (Wildman–Crippen LogP) is -6.04. The lowest BCUT2D eigenvalue weighted by molar-refractivity contribution is -0.153. The molecule has 1 saturated heterocycles. The van der Waals surface area contributed by atoms with Gasteiger partial charge in [-0.3, -0.25) is 72.6 Å². The number of carboxylic acids is 4. The third-order valence-corrected chi connectivity index (χ3v) is 8.69. The molecule has 0 saturated carbocycles. The molecule has 2 atom stereocenters. The summed E-state index contributed by atoms with van der Waals surface area (Å²) < 4.78 is 0. The first kappa shape index (κ1) is 43.8. The van der Waals surface area contributed by atoms with Crippen molar-refractivity contribution in [3.63, 3.8) is 0 Å². The maximum absolute atomic E-state index is 13.2. The Kier molecular flexibility index (Phi) is 17.0. The number of aliphatic carboxylic acids is 4. The molecule has 0 bridgehead atoms. The molecule has 0 aliphatic carbocycles. The molecule has 3 aliphatic heterocycles. The molecular weight excluding hydrogens is 734 g/mol. The number of carbonyl (C=O) groups excluding carboxylic acids is 6. The standard InChI is InChI=1S/C32H45N9O14/c42-23(17-36-7-9-37(18-28(47)48)11-13-39(20-30(51)52)14-12-38(10-8-36)19-29(49)50)34-5-6-35-31(53)21(40-24(43)1-2-25(40)44)15-33-16-22(32(54)55)41-26(45)3-4-27(41)46/h1-4,21-22,33H,5-20H2,(H,34,42)(H,35,53)(H,47,48)(H,49,50)(H,51,52)(H,54,55)/t21-,22-/m0/s1. The number of carboxylic acid groups (broad SMARTS) is 4. The fourth-order valence-electron chi connectivity index (χ4n) is 5.93. The van der Waals surface area contributed by atoms with Gasteiger partial charge in [0.2, 0.25) is 11.8 Å². The van der Waals surface area contributed by atoms with Gasteiger partial charge in [-0.05, 0) is 0 Å². The first-order chi connectivity index (χ1) is 26.0. The summed E-state index contributed by atoms with van der Waals surface area (Å²) >= 11 is 0. The van der Waals surface area contributed by atoms with Crippen molar-refractivity contribution in [1.29, 1.82) is 0 Å². The molecule has 0 radical (unpaired) electrons. The van der Waals surface area contributed by atoms with E-state index < -0.39 is 84.5 Å². The molecule has 23 heteroatoms. The third-order valence-electron chi connectivity index (χ3n) is 8.69. The van der Waals surface area contributed by atoms with Crippen LogP contribution >= 0.6 is 0 Å². The molecule has 23 nitrogen and oxygen atoms in total. The van der Waals surface area contributed by atoms with Gasteiger partial charge in [-0.15, -0.1) is 0 Å². The lowest BCUT2D eigenvalue weighted by Crippen LogP contribution is -2.57. The number of amides is 6. The molecule has 0 unspecified atom stereocenters. The Bertz CT molecular complexity index is 1500. The van der Waals surface area contributed by atoms with Crippen LogP contribution in [-0.4, -0.2) is 226 Å². The van der Waals surface area contributed by atoms with E-state index in [1.807, 2.05) is 0 Å². The lowest BCUT2D eigenvalue weighted by atomic mass is 10.2. The Hall–Kier alpha value is -5.62. The minimum Gasteiger partial charge on any atom is -0.480 e. The summed E-state index contributed by atoms with van der Waals surface area (Å²) in [4.78, 5) is 129.